The number of fused-ring (bicyclic) bond motifs is 2. The first kappa shape index (κ1) is 20.4. The van der Waals surface area contributed by atoms with Gasteiger partial charge in [0.05, 0.1) is 11.9 Å². The van der Waals surface area contributed by atoms with E-state index >= 15 is 0 Å². The molecule has 6 rings (SSSR count). The van der Waals surface area contributed by atoms with Crippen LogP contribution in [0.4, 0.5) is 0 Å². The van der Waals surface area contributed by atoms with Crippen molar-refractivity contribution in [1.29, 1.82) is 0 Å². The lowest BCUT2D eigenvalue weighted by Gasteiger charge is -2.32. The highest BCUT2D eigenvalue weighted by Gasteiger charge is 2.23. The number of hydrogen-bond acceptors (Lipinski definition) is 4. The van der Waals surface area contributed by atoms with Crippen LogP contribution < -0.4 is 0 Å². The van der Waals surface area contributed by atoms with Gasteiger partial charge >= 0.3 is 0 Å². The van der Waals surface area contributed by atoms with E-state index in [2.05, 4.69) is 68.2 Å². The van der Waals surface area contributed by atoms with Crippen LogP contribution in [0.3, 0.4) is 0 Å². The molecule has 4 aromatic rings. The van der Waals surface area contributed by atoms with Crippen molar-refractivity contribution in [3.8, 4) is 11.3 Å². The molecule has 0 saturated carbocycles. The fraction of sp³-hybridized carbons (Fsp3) is 0.370. The Hall–Kier alpha value is -3.25. The lowest BCUT2D eigenvalue weighted by Crippen LogP contribution is -2.34. The number of aromatic amines is 2. The number of nitrogens with zero attached hydrogens (tertiary/aromatic N) is 4. The largest absolute Gasteiger partial charge is 0.354 e. The molecule has 0 unspecified atom stereocenters. The normalized spacial score (nSPS) is 17.8. The minimum absolute atomic E-state index is 0.630. The minimum atomic E-state index is 0.630. The molecule has 0 atom stereocenters. The summed E-state index contributed by atoms with van der Waals surface area (Å²) in [4.78, 5) is 15.2. The average molecular weight is 439 g/mol. The second-order valence-electron chi connectivity index (χ2n) is 9.38. The topological polar surface area (TPSA) is 73.0 Å². The van der Waals surface area contributed by atoms with Crippen molar-refractivity contribution in [3.05, 3.63) is 59.1 Å². The first-order valence-corrected chi connectivity index (χ1v) is 12.1. The molecule has 1 aromatic carbocycles. The van der Waals surface area contributed by atoms with Crippen LogP contribution in [0, 0.1) is 0 Å². The molecule has 3 aromatic heterocycles. The van der Waals surface area contributed by atoms with Gasteiger partial charge in [-0.3, -0.25) is 15.0 Å². The van der Waals surface area contributed by atoms with Crippen molar-refractivity contribution < 1.29 is 0 Å². The van der Waals surface area contributed by atoms with E-state index in [0.717, 1.165) is 49.1 Å². The quantitative estimate of drug-likeness (QED) is 0.426. The first-order chi connectivity index (χ1) is 16.2. The molecule has 2 N–H and O–H groups in total. The molecule has 1 saturated heterocycles. The Kier molecular flexibility index (Phi) is 5.10. The van der Waals surface area contributed by atoms with Gasteiger partial charge in [0.1, 0.15) is 0 Å². The van der Waals surface area contributed by atoms with Gasteiger partial charge in [-0.2, -0.15) is 5.10 Å². The summed E-state index contributed by atoms with van der Waals surface area (Å²) in [5.74, 6) is 0.630. The first-order valence-electron chi connectivity index (χ1n) is 12.1. The summed E-state index contributed by atoms with van der Waals surface area (Å²) in [6, 6.07) is 9.14. The maximum absolute atomic E-state index is 4.44. The third-order valence-corrected chi connectivity index (χ3v) is 7.52. The molecular formula is C27H30N6. The molecule has 0 radical (unpaired) electrons. The summed E-state index contributed by atoms with van der Waals surface area (Å²) in [6.07, 6.45) is 10.2. The number of piperidine rings is 1. The van der Waals surface area contributed by atoms with Crippen LogP contribution in [0.15, 0.2) is 52.9 Å². The number of allylic oxidation sites excluding steroid dienone is 1. The fourth-order valence-electron chi connectivity index (χ4n) is 5.59. The molecule has 6 nitrogen and oxygen atoms in total. The molecule has 33 heavy (non-hydrogen) atoms. The van der Waals surface area contributed by atoms with Gasteiger partial charge in [0.15, 0.2) is 5.65 Å². The highest BCUT2D eigenvalue weighted by Crippen LogP contribution is 2.37. The zero-order valence-electron chi connectivity index (χ0n) is 19.4. The van der Waals surface area contributed by atoms with E-state index in [9.17, 15) is 0 Å². The number of nitrogens with one attached hydrogen (secondary N) is 2. The summed E-state index contributed by atoms with van der Waals surface area (Å²) in [5.41, 5.74) is 9.96. The van der Waals surface area contributed by atoms with E-state index in [1.165, 1.54) is 51.8 Å². The Bertz CT molecular complexity index is 1380. The van der Waals surface area contributed by atoms with Gasteiger partial charge in [-0.25, -0.2) is 4.98 Å². The van der Waals surface area contributed by atoms with Crippen LogP contribution >= 0.6 is 0 Å². The molecule has 6 heteroatoms. The maximum atomic E-state index is 4.44. The van der Waals surface area contributed by atoms with Crippen LogP contribution in [-0.2, 0) is 6.42 Å². The Morgan fingerprint density at radius 1 is 1.12 bits per heavy atom. The molecule has 168 valence electrons. The SMILES string of the molecule is CCc1c(-c2ccnc3[nH]ncc23)[nH]c2ccc(C3CCN(CC4=C(C)N=CC4)CC3)cc12. The monoisotopic (exact) mass is 438 g/mol. The predicted octanol–water partition coefficient (Wildman–Crippen LogP) is 5.60. The molecule has 0 aliphatic carbocycles. The van der Waals surface area contributed by atoms with Crippen LogP contribution in [0.5, 0.6) is 0 Å². The van der Waals surface area contributed by atoms with Crippen molar-refractivity contribution in [1.82, 2.24) is 25.1 Å². The van der Waals surface area contributed by atoms with E-state index in [-0.39, 0.29) is 0 Å². The second kappa shape index (κ2) is 8.27. The number of aliphatic imine (C=N–C) groups is 1. The Labute approximate surface area is 193 Å². The van der Waals surface area contributed by atoms with Gasteiger partial charge in [0.25, 0.3) is 0 Å². The summed E-state index contributed by atoms with van der Waals surface area (Å²) in [7, 11) is 0. The third-order valence-electron chi connectivity index (χ3n) is 7.52. The van der Waals surface area contributed by atoms with Crippen molar-refractivity contribution >= 4 is 28.2 Å². The second-order valence-corrected chi connectivity index (χ2v) is 9.38. The van der Waals surface area contributed by atoms with Gasteiger partial charge in [0, 0.05) is 52.9 Å². The Morgan fingerprint density at radius 2 is 2.00 bits per heavy atom. The highest BCUT2D eigenvalue weighted by atomic mass is 15.1. The number of likely N-dealkylation sites (tertiary alicyclic amines) is 1. The van der Waals surface area contributed by atoms with Gasteiger partial charge < -0.3 is 4.98 Å². The van der Waals surface area contributed by atoms with Crippen LogP contribution in [0.1, 0.15) is 50.2 Å². The average Bonchev–Trinajstić information content (AvgIpc) is 3.57. The minimum Gasteiger partial charge on any atom is -0.354 e. The number of hydrogen-bond donors (Lipinski definition) is 2. The molecule has 2 aliphatic heterocycles. The fourth-order valence-corrected chi connectivity index (χ4v) is 5.59. The number of rotatable bonds is 5. The number of aromatic nitrogens is 4. The molecule has 0 bridgehead atoms. The van der Waals surface area contributed by atoms with Crippen molar-refractivity contribution in [2.75, 3.05) is 19.6 Å². The Morgan fingerprint density at radius 3 is 2.79 bits per heavy atom. The van der Waals surface area contributed by atoms with Crippen LogP contribution in [0.25, 0.3) is 33.2 Å². The number of H-pyrrole nitrogens is 2. The van der Waals surface area contributed by atoms with Gasteiger partial charge in [-0.15, -0.1) is 0 Å². The van der Waals surface area contributed by atoms with E-state index in [4.69, 9.17) is 0 Å². The lowest BCUT2D eigenvalue weighted by molar-refractivity contribution is 0.227. The molecule has 0 spiro atoms. The zero-order chi connectivity index (χ0) is 22.4. The van der Waals surface area contributed by atoms with E-state index in [1.54, 1.807) is 0 Å². The molecule has 0 amide bonds. The molecular weight excluding hydrogens is 408 g/mol. The summed E-state index contributed by atoms with van der Waals surface area (Å²) in [6.45, 7) is 7.78. The molecule has 1 fully saturated rings. The summed E-state index contributed by atoms with van der Waals surface area (Å²) < 4.78 is 0. The lowest BCUT2D eigenvalue weighted by atomic mass is 9.88. The third kappa shape index (κ3) is 3.59. The van der Waals surface area contributed by atoms with Gasteiger partial charge in [0.2, 0.25) is 0 Å². The van der Waals surface area contributed by atoms with Crippen LogP contribution in [-0.4, -0.2) is 50.9 Å². The van der Waals surface area contributed by atoms with Crippen molar-refractivity contribution in [2.24, 2.45) is 4.99 Å². The van der Waals surface area contributed by atoms with E-state index < -0.39 is 0 Å². The van der Waals surface area contributed by atoms with Crippen LogP contribution in [0.2, 0.25) is 0 Å². The van der Waals surface area contributed by atoms with E-state index in [1.807, 2.05) is 18.6 Å². The maximum Gasteiger partial charge on any atom is 0.155 e. The predicted molar refractivity (Wildman–Crippen MR) is 135 cm³/mol. The molecule has 2 aliphatic rings. The Balaban J connectivity index is 1.27. The standard InChI is InChI=1S/C27H30N6/c1-3-21-23-14-19(18-8-12-33(13-9-18)16-20-6-10-28-17(20)2)4-5-25(23)31-26(21)22-7-11-29-27-24(22)15-30-32-27/h4-5,7,10-11,14-15,18,31H,3,6,8-9,12-13,16H2,1-2H3,(H,29,30,32). The van der Waals surface area contributed by atoms with Crippen molar-refractivity contribution in [3.63, 3.8) is 0 Å². The summed E-state index contributed by atoms with van der Waals surface area (Å²) >= 11 is 0. The number of aryl methyl sites for hydroxylation is 1. The molecule has 5 heterocycles. The number of pyridine rings is 1. The van der Waals surface area contributed by atoms with Gasteiger partial charge in [-0.1, -0.05) is 13.0 Å². The number of benzene rings is 1. The highest BCUT2D eigenvalue weighted by molar-refractivity contribution is 5.98. The zero-order valence-corrected chi connectivity index (χ0v) is 19.4. The van der Waals surface area contributed by atoms with Crippen molar-refractivity contribution in [2.45, 2.75) is 45.4 Å². The van der Waals surface area contributed by atoms with Gasteiger partial charge in [-0.05, 0) is 80.1 Å². The summed E-state index contributed by atoms with van der Waals surface area (Å²) in [5, 5.41) is 9.60. The van der Waals surface area contributed by atoms with E-state index in [0.29, 0.717) is 5.92 Å². The smallest absolute Gasteiger partial charge is 0.155 e.